The van der Waals surface area contributed by atoms with Crippen LogP contribution in [0.3, 0.4) is 0 Å². The standard InChI is InChI=1S/C26H28ClFN2O2/c27-22-3-1-2-20(15-22)26(32)21-5-9-25(19(14-21)11-13-31)30-12-10-18(17-30)4-7-24-8-6-23(28)16-29-24/h1-3,5-6,8-9,14-16,18,26,31-32H,4,7,10-13,17H2. The lowest BCUT2D eigenvalue weighted by Crippen LogP contribution is -2.22. The van der Waals surface area contributed by atoms with Crippen LogP contribution < -0.4 is 4.90 Å². The normalized spacial score (nSPS) is 17.0. The summed E-state index contributed by atoms with van der Waals surface area (Å²) < 4.78 is 13.1. The van der Waals surface area contributed by atoms with Gasteiger partial charge in [-0.25, -0.2) is 4.39 Å². The lowest BCUT2D eigenvalue weighted by molar-refractivity contribution is 0.220. The molecule has 2 aromatic carbocycles. The van der Waals surface area contributed by atoms with Crippen molar-refractivity contribution in [1.82, 2.24) is 4.98 Å². The number of halogens is 2. The van der Waals surface area contributed by atoms with Crippen molar-refractivity contribution in [2.45, 2.75) is 31.8 Å². The van der Waals surface area contributed by atoms with E-state index in [0.29, 0.717) is 17.4 Å². The number of aliphatic hydroxyl groups excluding tert-OH is 2. The van der Waals surface area contributed by atoms with Crippen LogP contribution in [0.15, 0.2) is 60.8 Å². The molecule has 0 bridgehead atoms. The molecule has 1 aliphatic heterocycles. The maximum atomic E-state index is 13.1. The molecule has 0 amide bonds. The number of aryl methyl sites for hydroxylation is 1. The Balaban J connectivity index is 1.45. The summed E-state index contributed by atoms with van der Waals surface area (Å²) in [6.07, 6.45) is 3.98. The van der Waals surface area contributed by atoms with Crippen LogP contribution in [0, 0.1) is 11.7 Å². The van der Waals surface area contributed by atoms with E-state index in [1.54, 1.807) is 18.2 Å². The van der Waals surface area contributed by atoms with Gasteiger partial charge in [-0.15, -0.1) is 0 Å². The van der Waals surface area contributed by atoms with Gasteiger partial charge in [0.1, 0.15) is 11.9 Å². The zero-order valence-electron chi connectivity index (χ0n) is 17.9. The van der Waals surface area contributed by atoms with Gasteiger partial charge in [-0.3, -0.25) is 4.98 Å². The lowest BCUT2D eigenvalue weighted by Gasteiger charge is -2.24. The lowest BCUT2D eigenvalue weighted by atomic mass is 9.97. The zero-order chi connectivity index (χ0) is 22.5. The molecule has 1 fully saturated rings. The summed E-state index contributed by atoms with van der Waals surface area (Å²) in [7, 11) is 0. The Hall–Kier alpha value is -2.47. The summed E-state index contributed by atoms with van der Waals surface area (Å²) in [4.78, 5) is 6.53. The highest BCUT2D eigenvalue weighted by molar-refractivity contribution is 6.30. The van der Waals surface area contributed by atoms with E-state index in [1.807, 2.05) is 24.3 Å². The number of nitrogens with zero attached hydrogens (tertiary/aromatic N) is 2. The topological polar surface area (TPSA) is 56.6 Å². The van der Waals surface area contributed by atoms with Crippen LogP contribution in [0.2, 0.25) is 5.02 Å². The van der Waals surface area contributed by atoms with Crippen molar-refractivity contribution in [1.29, 1.82) is 0 Å². The van der Waals surface area contributed by atoms with Crippen LogP contribution in [0.25, 0.3) is 0 Å². The minimum atomic E-state index is -0.769. The van der Waals surface area contributed by atoms with Crippen molar-refractivity contribution >= 4 is 17.3 Å². The number of anilines is 1. The Morgan fingerprint density at radius 3 is 2.69 bits per heavy atom. The second-order valence-corrected chi connectivity index (χ2v) is 8.86. The van der Waals surface area contributed by atoms with Crippen molar-refractivity contribution in [3.63, 3.8) is 0 Å². The highest BCUT2D eigenvalue weighted by Gasteiger charge is 2.25. The van der Waals surface area contributed by atoms with Gasteiger partial charge >= 0.3 is 0 Å². The minimum Gasteiger partial charge on any atom is -0.396 e. The number of rotatable bonds is 8. The number of aliphatic hydroxyl groups is 2. The first-order valence-electron chi connectivity index (χ1n) is 11.1. The van der Waals surface area contributed by atoms with E-state index < -0.39 is 6.10 Å². The molecule has 0 spiro atoms. The molecule has 0 saturated carbocycles. The quantitative estimate of drug-likeness (QED) is 0.505. The average molecular weight is 455 g/mol. The van der Waals surface area contributed by atoms with Crippen molar-refractivity contribution in [2.24, 2.45) is 5.92 Å². The van der Waals surface area contributed by atoms with Crippen LogP contribution in [0.4, 0.5) is 10.1 Å². The van der Waals surface area contributed by atoms with Crippen molar-refractivity contribution in [3.05, 3.63) is 94.0 Å². The summed E-state index contributed by atoms with van der Waals surface area (Å²) >= 11 is 6.08. The molecular formula is C26H28ClFN2O2. The van der Waals surface area contributed by atoms with E-state index in [2.05, 4.69) is 16.0 Å². The molecule has 0 radical (unpaired) electrons. The van der Waals surface area contributed by atoms with Crippen LogP contribution in [0.1, 0.15) is 41.3 Å². The van der Waals surface area contributed by atoms with Gasteiger partial charge in [-0.2, -0.15) is 0 Å². The monoisotopic (exact) mass is 454 g/mol. The van der Waals surface area contributed by atoms with Crippen LogP contribution in [-0.2, 0) is 12.8 Å². The Morgan fingerprint density at radius 1 is 1.09 bits per heavy atom. The second-order valence-electron chi connectivity index (χ2n) is 8.43. The Labute approximate surface area is 193 Å². The number of benzene rings is 2. The number of aromatic nitrogens is 1. The molecular weight excluding hydrogens is 427 g/mol. The third-order valence-corrected chi connectivity index (χ3v) is 6.42. The Bertz CT molecular complexity index is 1040. The van der Waals surface area contributed by atoms with E-state index in [9.17, 15) is 14.6 Å². The summed E-state index contributed by atoms with van der Waals surface area (Å²) in [6, 6.07) is 16.5. The highest BCUT2D eigenvalue weighted by atomic mass is 35.5. The molecule has 4 nitrogen and oxygen atoms in total. The van der Waals surface area contributed by atoms with Gasteiger partial charge in [-0.05, 0) is 78.6 Å². The molecule has 32 heavy (non-hydrogen) atoms. The molecule has 4 rings (SSSR count). The molecule has 1 saturated heterocycles. The van der Waals surface area contributed by atoms with Crippen LogP contribution in [-0.4, -0.2) is 34.9 Å². The predicted molar refractivity (Wildman–Crippen MR) is 126 cm³/mol. The maximum Gasteiger partial charge on any atom is 0.141 e. The molecule has 0 aliphatic carbocycles. The zero-order valence-corrected chi connectivity index (χ0v) is 18.7. The summed E-state index contributed by atoms with van der Waals surface area (Å²) in [5.41, 5.74) is 4.61. The summed E-state index contributed by atoms with van der Waals surface area (Å²) in [5, 5.41) is 21.0. The smallest absolute Gasteiger partial charge is 0.141 e. The molecule has 2 heterocycles. The van der Waals surface area contributed by atoms with Gasteiger partial charge < -0.3 is 15.1 Å². The largest absolute Gasteiger partial charge is 0.396 e. The highest BCUT2D eigenvalue weighted by Crippen LogP contribution is 2.33. The molecule has 3 aromatic rings. The summed E-state index contributed by atoms with van der Waals surface area (Å²) in [6.45, 7) is 1.95. The Morgan fingerprint density at radius 2 is 1.94 bits per heavy atom. The van der Waals surface area contributed by atoms with E-state index in [-0.39, 0.29) is 12.4 Å². The fourth-order valence-corrected chi connectivity index (χ4v) is 4.67. The maximum absolute atomic E-state index is 13.1. The van der Waals surface area contributed by atoms with Crippen molar-refractivity contribution in [3.8, 4) is 0 Å². The predicted octanol–water partition coefficient (Wildman–Crippen LogP) is 4.95. The van der Waals surface area contributed by atoms with Crippen LogP contribution >= 0.6 is 11.6 Å². The molecule has 1 aromatic heterocycles. The van der Waals surface area contributed by atoms with E-state index in [1.165, 1.54) is 12.3 Å². The van der Waals surface area contributed by atoms with Gasteiger partial charge in [0.2, 0.25) is 0 Å². The SMILES string of the molecule is OCCc1cc(C(O)c2cccc(Cl)c2)ccc1N1CCC(CCc2ccc(F)cn2)C1. The van der Waals surface area contributed by atoms with Crippen LogP contribution in [0.5, 0.6) is 0 Å². The molecule has 1 aliphatic rings. The Kier molecular flexibility index (Phi) is 7.40. The summed E-state index contributed by atoms with van der Waals surface area (Å²) in [5.74, 6) is 0.238. The second kappa shape index (κ2) is 10.4. The molecule has 2 N–H and O–H groups in total. The molecule has 2 unspecified atom stereocenters. The molecule has 6 heteroatoms. The molecule has 168 valence electrons. The van der Waals surface area contributed by atoms with Gasteiger partial charge in [0.15, 0.2) is 0 Å². The fourth-order valence-electron chi connectivity index (χ4n) is 4.47. The fraction of sp³-hybridized carbons (Fsp3) is 0.346. The third-order valence-electron chi connectivity index (χ3n) is 6.19. The van der Waals surface area contributed by atoms with Gasteiger partial charge in [0.05, 0.1) is 6.20 Å². The number of hydrogen-bond acceptors (Lipinski definition) is 4. The number of hydrogen-bond donors (Lipinski definition) is 2. The first kappa shape index (κ1) is 22.7. The van der Waals surface area contributed by atoms with Crippen molar-refractivity contribution < 1.29 is 14.6 Å². The third kappa shape index (κ3) is 5.47. The average Bonchev–Trinajstić information content (AvgIpc) is 3.27. The first-order valence-corrected chi connectivity index (χ1v) is 11.4. The van der Waals surface area contributed by atoms with Gasteiger partial charge in [0.25, 0.3) is 0 Å². The minimum absolute atomic E-state index is 0.0528. The first-order chi connectivity index (χ1) is 15.5. The van der Waals surface area contributed by atoms with Crippen molar-refractivity contribution in [2.75, 3.05) is 24.6 Å². The van der Waals surface area contributed by atoms with Gasteiger partial charge in [0, 0.05) is 36.1 Å². The van der Waals surface area contributed by atoms with Gasteiger partial charge in [-0.1, -0.05) is 35.9 Å². The van der Waals surface area contributed by atoms with E-state index in [4.69, 9.17) is 11.6 Å². The number of pyridine rings is 1. The molecule has 2 atom stereocenters. The van der Waals surface area contributed by atoms with E-state index in [0.717, 1.165) is 60.4 Å². The van der Waals surface area contributed by atoms with E-state index >= 15 is 0 Å².